The maximum absolute atomic E-state index is 3.89. The molecule has 1 N–H and O–H groups in total. The van der Waals surface area contributed by atoms with Gasteiger partial charge >= 0.3 is 0 Å². The quantitative estimate of drug-likeness (QED) is 0.658. The van der Waals surface area contributed by atoms with E-state index in [0.29, 0.717) is 0 Å². The Morgan fingerprint density at radius 3 is 2.53 bits per heavy atom. The zero-order chi connectivity index (χ0) is 14.1. The minimum Gasteiger partial charge on any atom is -0.388 e. The van der Waals surface area contributed by atoms with Gasteiger partial charge in [0, 0.05) is 12.7 Å². The maximum Gasteiger partial charge on any atom is 0.0411 e. The van der Waals surface area contributed by atoms with E-state index in [1.165, 1.54) is 11.1 Å². The van der Waals surface area contributed by atoms with Crippen molar-refractivity contribution in [1.29, 1.82) is 0 Å². The van der Waals surface area contributed by atoms with Crippen molar-refractivity contribution in [2.24, 2.45) is 0 Å². The Kier molecular flexibility index (Phi) is 6.45. The maximum atomic E-state index is 3.89. The van der Waals surface area contributed by atoms with Crippen LogP contribution in [0.1, 0.15) is 25.3 Å². The molecule has 0 aliphatic rings. The Labute approximate surface area is 117 Å². The molecule has 1 aromatic carbocycles. The Morgan fingerprint density at radius 1 is 1.21 bits per heavy atom. The zero-order valence-electron chi connectivity index (χ0n) is 11.9. The van der Waals surface area contributed by atoms with E-state index in [1.807, 2.05) is 31.3 Å². The molecule has 1 aromatic rings. The Morgan fingerprint density at radius 2 is 1.95 bits per heavy atom. The molecule has 0 aliphatic carbocycles. The highest BCUT2D eigenvalue weighted by Crippen LogP contribution is 2.19. The van der Waals surface area contributed by atoms with E-state index < -0.39 is 0 Å². The van der Waals surface area contributed by atoms with E-state index in [1.54, 1.807) is 0 Å². The van der Waals surface area contributed by atoms with Crippen molar-refractivity contribution in [3.8, 4) is 0 Å². The summed E-state index contributed by atoms with van der Waals surface area (Å²) >= 11 is 0. The summed E-state index contributed by atoms with van der Waals surface area (Å²) < 4.78 is 0. The van der Waals surface area contributed by atoms with Crippen molar-refractivity contribution >= 4 is 11.8 Å². The van der Waals surface area contributed by atoms with Crippen LogP contribution < -0.4 is 5.32 Å². The molecule has 0 unspecified atom stereocenters. The lowest BCUT2D eigenvalue weighted by Crippen LogP contribution is -1.90. The zero-order valence-corrected chi connectivity index (χ0v) is 11.9. The standard InChI is InChI=1S/C18H23N/c1-5-10-15(6-2)16(7-3)13-14-17-11-8-9-12-18(17)19-4/h6-9,11-14,19H,2-3,5,10H2,1,4H3/b14-13-,16-15+. The van der Waals surface area contributed by atoms with Crippen molar-refractivity contribution in [2.75, 3.05) is 12.4 Å². The number of hydrogen-bond donors (Lipinski definition) is 1. The van der Waals surface area contributed by atoms with Gasteiger partial charge in [-0.3, -0.25) is 0 Å². The molecule has 1 rings (SSSR count). The Balaban J connectivity index is 3.06. The van der Waals surface area contributed by atoms with Crippen LogP contribution in [0.15, 0.2) is 66.8 Å². The van der Waals surface area contributed by atoms with Gasteiger partial charge < -0.3 is 5.32 Å². The SMILES string of the molecule is C=CC(/C=C\c1ccccc1NC)=C(/C=C)CCC. The van der Waals surface area contributed by atoms with Gasteiger partial charge in [0.2, 0.25) is 0 Å². The second-order valence-electron chi connectivity index (χ2n) is 4.31. The van der Waals surface area contributed by atoms with Crippen LogP contribution in [0.3, 0.4) is 0 Å². The summed E-state index contributed by atoms with van der Waals surface area (Å²) in [5, 5.41) is 3.19. The van der Waals surface area contributed by atoms with E-state index in [9.17, 15) is 0 Å². The number of allylic oxidation sites excluding steroid dienone is 5. The third-order valence-corrected chi connectivity index (χ3v) is 3.03. The predicted molar refractivity (Wildman–Crippen MR) is 87.4 cm³/mol. The van der Waals surface area contributed by atoms with Crippen molar-refractivity contribution in [1.82, 2.24) is 0 Å². The minimum atomic E-state index is 1.03. The fraction of sp³-hybridized carbons (Fsp3) is 0.222. The number of rotatable bonds is 7. The van der Waals surface area contributed by atoms with Gasteiger partial charge in [0.1, 0.15) is 0 Å². The van der Waals surface area contributed by atoms with Gasteiger partial charge in [-0.2, -0.15) is 0 Å². The molecule has 1 heteroatoms. The highest BCUT2D eigenvalue weighted by atomic mass is 14.8. The van der Waals surface area contributed by atoms with E-state index >= 15 is 0 Å². The molecule has 19 heavy (non-hydrogen) atoms. The molecule has 0 spiro atoms. The first-order valence-electron chi connectivity index (χ1n) is 6.69. The fourth-order valence-electron chi connectivity index (χ4n) is 1.99. The number of nitrogens with one attached hydrogen (secondary N) is 1. The molecule has 0 bridgehead atoms. The molecule has 0 heterocycles. The average Bonchev–Trinajstić information content (AvgIpc) is 2.46. The van der Waals surface area contributed by atoms with Crippen LogP contribution >= 0.6 is 0 Å². The van der Waals surface area contributed by atoms with Crippen LogP contribution in [0.5, 0.6) is 0 Å². The molecule has 100 valence electrons. The molecule has 0 aromatic heterocycles. The van der Waals surface area contributed by atoms with Crippen molar-refractivity contribution in [3.63, 3.8) is 0 Å². The van der Waals surface area contributed by atoms with Gasteiger partial charge in [0.25, 0.3) is 0 Å². The van der Waals surface area contributed by atoms with Crippen LogP contribution in [-0.2, 0) is 0 Å². The second kappa shape index (κ2) is 8.15. The Bertz CT molecular complexity index is 492. The van der Waals surface area contributed by atoms with Gasteiger partial charge in [-0.25, -0.2) is 0 Å². The molecule has 0 aliphatic heterocycles. The first kappa shape index (κ1) is 15.0. The van der Waals surface area contributed by atoms with Crippen LogP contribution in [0.4, 0.5) is 5.69 Å². The van der Waals surface area contributed by atoms with Crippen LogP contribution in [0.2, 0.25) is 0 Å². The molecule has 1 nitrogen and oxygen atoms in total. The molecule has 0 atom stereocenters. The number of benzene rings is 1. The lowest BCUT2D eigenvalue weighted by Gasteiger charge is -2.06. The van der Waals surface area contributed by atoms with E-state index in [0.717, 1.165) is 24.1 Å². The van der Waals surface area contributed by atoms with Crippen molar-refractivity contribution in [2.45, 2.75) is 19.8 Å². The molecule has 0 radical (unpaired) electrons. The molecule has 0 saturated heterocycles. The minimum absolute atomic E-state index is 1.03. The highest BCUT2D eigenvalue weighted by Gasteiger charge is 1.98. The second-order valence-corrected chi connectivity index (χ2v) is 4.31. The molecule has 0 amide bonds. The fourth-order valence-corrected chi connectivity index (χ4v) is 1.99. The van der Waals surface area contributed by atoms with Gasteiger partial charge in [-0.1, -0.05) is 69.0 Å². The molecule has 0 saturated carbocycles. The lowest BCUT2D eigenvalue weighted by molar-refractivity contribution is 0.922. The van der Waals surface area contributed by atoms with Crippen LogP contribution in [-0.4, -0.2) is 7.05 Å². The number of hydrogen-bond acceptors (Lipinski definition) is 1. The summed E-state index contributed by atoms with van der Waals surface area (Å²) in [5.74, 6) is 0. The smallest absolute Gasteiger partial charge is 0.0411 e. The normalized spacial score (nSPS) is 12.1. The first-order valence-corrected chi connectivity index (χ1v) is 6.69. The summed E-state index contributed by atoms with van der Waals surface area (Å²) in [4.78, 5) is 0. The summed E-state index contributed by atoms with van der Waals surface area (Å²) in [7, 11) is 1.93. The van der Waals surface area contributed by atoms with Gasteiger partial charge in [0.15, 0.2) is 0 Å². The average molecular weight is 253 g/mol. The predicted octanol–water partition coefficient (Wildman–Crippen LogP) is 5.21. The summed E-state index contributed by atoms with van der Waals surface area (Å²) in [6.07, 6.45) is 10.2. The van der Waals surface area contributed by atoms with Crippen LogP contribution in [0.25, 0.3) is 6.08 Å². The number of para-hydroxylation sites is 1. The first-order chi connectivity index (χ1) is 9.26. The molecular weight excluding hydrogens is 230 g/mol. The monoisotopic (exact) mass is 253 g/mol. The summed E-state index contributed by atoms with van der Waals surface area (Å²) in [6, 6.07) is 8.23. The molecule has 0 fully saturated rings. The van der Waals surface area contributed by atoms with Gasteiger partial charge in [0.05, 0.1) is 0 Å². The molecular formula is C18H23N. The van der Waals surface area contributed by atoms with E-state index in [2.05, 4.69) is 49.7 Å². The van der Waals surface area contributed by atoms with Gasteiger partial charge in [-0.15, -0.1) is 0 Å². The third kappa shape index (κ3) is 4.29. The largest absolute Gasteiger partial charge is 0.388 e. The van der Waals surface area contributed by atoms with E-state index in [-0.39, 0.29) is 0 Å². The Hall–Kier alpha value is -2.02. The summed E-state index contributed by atoms with van der Waals surface area (Å²) in [6.45, 7) is 9.95. The van der Waals surface area contributed by atoms with E-state index in [4.69, 9.17) is 0 Å². The van der Waals surface area contributed by atoms with Gasteiger partial charge in [-0.05, 0) is 29.2 Å². The van der Waals surface area contributed by atoms with Crippen LogP contribution in [0, 0.1) is 0 Å². The third-order valence-electron chi connectivity index (χ3n) is 3.03. The highest BCUT2D eigenvalue weighted by molar-refractivity contribution is 5.68. The van der Waals surface area contributed by atoms with Crippen molar-refractivity contribution < 1.29 is 0 Å². The lowest BCUT2D eigenvalue weighted by atomic mass is 10.0. The summed E-state index contributed by atoms with van der Waals surface area (Å²) in [5.41, 5.74) is 4.68. The van der Waals surface area contributed by atoms with Crippen molar-refractivity contribution in [3.05, 3.63) is 72.4 Å². The number of anilines is 1. The topological polar surface area (TPSA) is 12.0 Å².